The van der Waals surface area contributed by atoms with Crippen LogP contribution in [0.3, 0.4) is 0 Å². The van der Waals surface area contributed by atoms with Crippen molar-refractivity contribution in [2.45, 2.75) is 5.75 Å². The van der Waals surface area contributed by atoms with Crippen LogP contribution in [0.15, 0.2) is 30.5 Å². The van der Waals surface area contributed by atoms with Gasteiger partial charge in [0, 0.05) is 17.2 Å². The van der Waals surface area contributed by atoms with E-state index in [0.29, 0.717) is 16.3 Å². The first kappa shape index (κ1) is 11.8. The average molecular weight is 270 g/mol. The average Bonchev–Trinajstić information content (AvgIpc) is 2.73. The summed E-state index contributed by atoms with van der Waals surface area (Å²) in [6, 6.07) is 6.85. The lowest BCUT2D eigenvalue weighted by Gasteiger charge is -2.07. The summed E-state index contributed by atoms with van der Waals surface area (Å²) < 4.78 is 29.6. The zero-order chi connectivity index (χ0) is 12.3. The van der Waals surface area contributed by atoms with Crippen LogP contribution in [0.2, 0.25) is 0 Å². The van der Waals surface area contributed by atoms with Crippen molar-refractivity contribution < 1.29 is 8.42 Å². The predicted molar refractivity (Wildman–Crippen MR) is 67.0 cm³/mol. The lowest BCUT2D eigenvalue weighted by atomic mass is 10.2. The molecule has 0 aliphatic heterocycles. The third-order valence-electron chi connectivity index (χ3n) is 2.02. The summed E-state index contributed by atoms with van der Waals surface area (Å²) in [6.07, 6.45) is 1.36. The number of aromatic nitrogens is 2. The van der Waals surface area contributed by atoms with Crippen LogP contribution in [-0.4, -0.2) is 18.0 Å². The molecule has 0 spiro atoms. The molecule has 1 aromatic carbocycles. The zero-order valence-corrected chi connectivity index (χ0v) is 10.3. The summed E-state index contributed by atoms with van der Waals surface area (Å²) in [4.78, 5) is 0. The van der Waals surface area contributed by atoms with Crippen molar-refractivity contribution in [3.8, 4) is 0 Å². The van der Waals surface area contributed by atoms with Crippen molar-refractivity contribution in [1.29, 1.82) is 0 Å². The molecule has 0 amide bonds. The number of para-hydroxylation sites is 1. The fraction of sp³-hybridized carbons (Fsp3) is 0.111. The number of nitrogens with one attached hydrogen (secondary N) is 1. The van der Waals surface area contributed by atoms with Gasteiger partial charge in [0.1, 0.15) is 5.00 Å². The summed E-state index contributed by atoms with van der Waals surface area (Å²) in [6.45, 7) is 0. The lowest BCUT2D eigenvalue weighted by molar-refractivity contribution is 0.600. The molecule has 17 heavy (non-hydrogen) atoms. The predicted octanol–water partition coefficient (Wildman–Crippen LogP) is 1.06. The van der Waals surface area contributed by atoms with Gasteiger partial charge in [0.25, 0.3) is 0 Å². The monoisotopic (exact) mass is 270 g/mol. The molecule has 0 saturated heterocycles. The third-order valence-corrected chi connectivity index (χ3v) is 3.95. The Labute approximate surface area is 103 Å². The topological polar surface area (TPSA) is 98.0 Å². The molecule has 2 rings (SSSR count). The largest absolute Gasteiger partial charge is 0.398 e. The maximum Gasteiger partial charge on any atom is 0.237 e. The molecule has 0 bridgehead atoms. The van der Waals surface area contributed by atoms with Gasteiger partial charge >= 0.3 is 0 Å². The van der Waals surface area contributed by atoms with Gasteiger partial charge in [0.15, 0.2) is 0 Å². The normalized spacial score (nSPS) is 11.3. The summed E-state index contributed by atoms with van der Waals surface area (Å²) in [5, 5.41) is 3.94. The van der Waals surface area contributed by atoms with Gasteiger partial charge in [-0.3, -0.25) is 4.72 Å². The van der Waals surface area contributed by atoms with Gasteiger partial charge in [-0.25, -0.2) is 8.42 Å². The minimum absolute atomic E-state index is 0.169. The molecule has 0 radical (unpaired) electrons. The van der Waals surface area contributed by atoms with Gasteiger partial charge in [-0.1, -0.05) is 22.7 Å². The summed E-state index contributed by atoms with van der Waals surface area (Å²) in [7, 11) is -3.48. The van der Waals surface area contributed by atoms with Crippen LogP contribution in [0, 0.1) is 0 Å². The summed E-state index contributed by atoms with van der Waals surface area (Å²) in [5.74, 6) is -0.169. The van der Waals surface area contributed by atoms with E-state index in [2.05, 4.69) is 14.3 Å². The Balaban J connectivity index is 2.16. The molecule has 2 aromatic rings. The van der Waals surface area contributed by atoms with Gasteiger partial charge in [-0.05, 0) is 11.6 Å². The molecule has 90 valence electrons. The number of hydrogen-bond donors (Lipinski definition) is 2. The molecule has 0 saturated carbocycles. The van der Waals surface area contributed by atoms with Gasteiger partial charge in [0.05, 0.1) is 11.9 Å². The van der Waals surface area contributed by atoms with Crippen molar-refractivity contribution in [2.75, 3.05) is 10.5 Å². The fourth-order valence-electron chi connectivity index (χ4n) is 1.27. The van der Waals surface area contributed by atoms with E-state index in [4.69, 9.17) is 5.73 Å². The van der Waals surface area contributed by atoms with Crippen LogP contribution >= 0.6 is 11.5 Å². The first-order valence-electron chi connectivity index (χ1n) is 4.68. The Hall–Kier alpha value is -1.67. The maximum atomic E-state index is 11.8. The third kappa shape index (κ3) is 3.14. The van der Waals surface area contributed by atoms with E-state index in [-0.39, 0.29) is 5.75 Å². The van der Waals surface area contributed by atoms with Crippen molar-refractivity contribution in [2.24, 2.45) is 0 Å². The number of nitrogens with two attached hydrogens (primary N) is 1. The van der Waals surface area contributed by atoms with E-state index in [9.17, 15) is 8.42 Å². The molecule has 0 aliphatic carbocycles. The number of hydrogen-bond acceptors (Lipinski definition) is 6. The minimum atomic E-state index is -3.48. The standard InChI is InChI=1S/C9H10N4O2S2/c10-8-4-2-1-3-7(8)6-17(14,15)12-9-5-11-13-16-9/h1-5,12H,6,10H2. The Morgan fingerprint density at radius 1 is 1.35 bits per heavy atom. The van der Waals surface area contributed by atoms with Gasteiger partial charge < -0.3 is 5.73 Å². The zero-order valence-electron chi connectivity index (χ0n) is 8.70. The first-order valence-corrected chi connectivity index (χ1v) is 7.10. The fourth-order valence-corrected chi connectivity index (χ4v) is 3.18. The van der Waals surface area contributed by atoms with Crippen LogP contribution in [0.1, 0.15) is 5.56 Å². The second kappa shape index (κ2) is 4.68. The maximum absolute atomic E-state index is 11.8. The Morgan fingerprint density at radius 2 is 2.12 bits per heavy atom. The molecule has 0 aliphatic rings. The lowest BCUT2D eigenvalue weighted by Crippen LogP contribution is -2.15. The van der Waals surface area contributed by atoms with Gasteiger partial charge in [0.2, 0.25) is 10.0 Å². The number of rotatable bonds is 4. The number of anilines is 2. The molecule has 0 atom stereocenters. The number of nitrogens with zero attached hydrogens (tertiary/aromatic N) is 2. The van der Waals surface area contributed by atoms with Crippen molar-refractivity contribution in [1.82, 2.24) is 9.59 Å². The minimum Gasteiger partial charge on any atom is -0.398 e. The molecule has 6 nitrogen and oxygen atoms in total. The molecule has 3 N–H and O–H groups in total. The van der Waals surface area contributed by atoms with E-state index in [0.717, 1.165) is 11.5 Å². The molecular weight excluding hydrogens is 260 g/mol. The SMILES string of the molecule is Nc1ccccc1CS(=O)(=O)Nc1cnns1. The van der Waals surface area contributed by atoms with Crippen LogP contribution in [0.4, 0.5) is 10.7 Å². The number of sulfonamides is 1. The Morgan fingerprint density at radius 3 is 2.76 bits per heavy atom. The second-order valence-electron chi connectivity index (χ2n) is 3.34. The highest BCUT2D eigenvalue weighted by atomic mass is 32.2. The van der Waals surface area contributed by atoms with E-state index >= 15 is 0 Å². The smallest absolute Gasteiger partial charge is 0.237 e. The van der Waals surface area contributed by atoms with Crippen molar-refractivity contribution in [3.05, 3.63) is 36.0 Å². The van der Waals surface area contributed by atoms with Crippen molar-refractivity contribution in [3.63, 3.8) is 0 Å². The van der Waals surface area contributed by atoms with Gasteiger partial charge in [-0.2, -0.15) is 0 Å². The molecular formula is C9H10N4O2S2. The first-order chi connectivity index (χ1) is 8.07. The quantitative estimate of drug-likeness (QED) is 0.809. The Bertz CT molecular complexity index is 595. The van der Waals surface area contributed by atoms with E-state index in [1.165, 1.54) is 6.20 Å². The Kier molecular flexibility index (Phi) is 3.25. The van der Waals surface area contributed by atoms with Crippen molar-refractivity contribution >= 4 is 32.2 Å². The van der Waals surface area contributed by atoms with Crippen LogP contribution < -0.4 is 10.5 Å². The van der Waals surface area contributed by atoms with Crippen LogP contribution in [0.25, 0.3) is 0 Å². The van der Waals surface area contributed by atoms with Crippen LogP contribution in [0.5, 0.6) is 0 Å². The van der Waals surface area contributed by atoms with Crippen LogP contribution in [-0.2, 0) is 15.8 Å². The highest BCUT2D eigenvalue weighted by molar-refractivity contribution is 7.92. The summed E-state index contributed by atoms with van der Waals surface area (Å²) in [5.41, 5.74) is 6.71. The molecule has 0 fully saturated rings. The van der Waals surface area contributed by atoms with E-state index in [1.54, 1.807) is 24.3 Å². The molecule has 8 heteroatoms. The van der Waals surface area contributed by atoms with E-state index in [1.807, 2.05) is 0 Å². The molecule has 1 heterocycles. The molecule has 1 aromatic heterocycles. The highest BCUT2D eigenvalue weighted by Crippen LogP contribution is 2.17. The highest BCUT2D eigenvalue weighted by Gasteiger charge is 2.14. The van der Waals surface area contributed by atoms with E-state index < -0.39 is 10.0 Å². The number of nitrogen functional groups attached to an aromatic ring is 1. The molecule has 0 unspecified atom stereocenters. The number of benzene rings is 1. The summed E-state index contributed by atoms with van der Waals surface area (Å²) >= 11 is 0.982. The van der Waals surface area contributed by atoms with Gasteiger partial charge in [-0.15, -0.1) is 5.10 Å². The second-order valence-corrected chi connectivity index (χ2v) is 5.85.